The van der Waals surface area contributed by atoms with Crippen LogP contribution in [0.3, 0.4) is 0 Å². The molecule has 3 rings (SSSR count). The Hall–Kier alpha value is -1.88. The number of ether oxygens (including phenoxy) is 1. The topological polar surface area (TPSA) is 49.9 Å². The van der Waals surface area contributed by atoms with Crippen LogP contribution < -0.4 is 0 Å². The number of carbonyl (C=O) groups is 2. The molecule has 1 saturated heterocycles. The van der Waals surface area contributed by atoms with Crippen LogP contribution in [0.5, 0.6) is 0 Å². The molecule has 1 atom stereocenters. The van der Waals surface area contributed by atoms with E-state index in [9.17, 15) is 9.59 Å². The molecular weight excluding hydrogens is 280 g/mol. The first kappa shape index (κ1) is 15.0. The lowest BCUT2D eigenvalue weighted by molar-refractivity contribution is -0.162. The van der Waals surface area contributed by atoms with E-state index in [1.165, 1.54) is 12.8 Å². The second-order valence-corrected chi connectivity index (χ2v) is 5.87. The van der Waals surface area contributed by atoms with Crippen molar-refractivity contribution in [2.45, 2.75) is 31.8 Å². The third-order valence-electron chi connectivity index (χ3n) is 4.37. The summed E-state index contributed by atoms with van der Waals surface area (Å²) < 4.78 is 4.88. The fraction of sp³-hybridized carbons (Fsp3) is 0.529. The first-order valence-corrected chi connectivity index (χ1v) is 7.97. The minimum Gasteiger partial charge on any atom is -0.459 e. The van der Waals surface area contributed by atoms with Crippen molar-refractivity contribution in [2.75, 3.05) is 26.2 Å². The molecule has 1 aromatic carbocycles. The van der Waals surface area contributed by atoms with Crippen LogP contribution in [0.15, 0.2) is 30.3 Å². The molecule has 1 heterocycles. The van der Waals surface area contributed by atoms with E-state index in [0.29, 0.717) is 12.6 Å². The van der Waals surface area contributed by atoms with Gasteiger partial charge >= 0.3 is 11.9 Å². The summed E-state index contributed by atoms with van der Waals surface area (Å²) in [4.78, 5) is 28.3. The second-order valence-electron chi connectivity index (χ2n) is 5.87. The summed E-state index contributed by atoms with van der Waals surface area (Å²) in [5.74, 6) is -1.27. The zero-order valence-electron chi connectivity index (χ0n) is 12.9. The van der Waals surface area contributed by atoms with Crippen molar-refractivity contribution in [1.29, 1.82) is 0 Å². The molecule has 1 aromatic rings. The zero-order valence-corrected chi connectivity index (χ0v) is 12.9. The lowest BCUT2D eigenvalue weighted by atomic mass is 10.0. The fourth-order valence-corrected chi connectivity index (χ4v) is 3.09. The van der Waals surface area contributed by atoms with Crippen LogP contribution in [0.2, 0.25) is 0 Å². The number of hydrogen-bond donors (Lipinski definition) is 0. The summed E-state index contributed by atoms with van der Waals surface area (Å²) >= 11 is 0. The van der Waals surface area contributed by atoms with Crippen molar-refractivity contribution < 1.29 is 14.3 Å². The van der Waals surface area contributed by atoms with E-state index in [1.54, 1.807) is 11.8 Å². The minimum absolute atomic E-state index is 0.0764. The normalized spacial score (nSPS) is 22.4. The number of esters is 1. The van der Waals surface area contributed by atoms with Gasteiger partial charge in [0.05, 0.1) is 12.6 Å². The van der Waals surface area contributed by atoms with Crippen molar-refractivity contribution in [3.05, 3.63) is 35.9 Å². The highest BCUT2D eigenvalue weighted by Gasteiger charge is 2.39. The Balaban J connectivity index is 1.80. The molecule has 22 heavy (non-hydrogen) atoms. The highest BCUT2D eigenvalue weighted by Crippen LogP contribution is 2.33. The first-order valence-electron chi connectivity index (χ1n) is 7.97. The van der Waals surface area contributed by atoms with Gasteiger partial charge in [0.2, 0.25) is 0 Å². The summed E-state index contributed by atoms with van der Waals surface area (Å²) in [6.07, 6.45) is 2.49. The maximum Gasteiger partial charge on any atom is 0.397 e. The third kappa shape index (κ3) is 3.14. The van der Waals surface area contributed by atoms with Gasteiger partial charge in [-0.05, 0) is 25.3 Å². The van der Waals surface area contributed by atoms with Crippen molar-refractivity contribution in [3.8, 4) is 0 Å². The average molecular weight is 302 g/mol. The predicted octanol–water partition coefficient (Wildman–Crippen LogP) is 1.60. The summed E-state index contributed by atoms with van der Waals surface area (Å²) in [7, 11) is 0. The Bertz CT molecular complexity index is 542. The summed E-state index contributed by atoms with van der Waals surface area (Å²) in [5.41, 5.74) is 1.07. The molecule has 0 radical (unpaired) electrons. The molecule has 2 fully saturated rings. The van der Waals surface area contributed by atoms with Gasteiger partial charge in [-0.2, -0.15) is 0 Å². The number of hydrogen-bond acceptors (Lipinski definition) is 4. The molecule has 0 spiro atoms. The molecule has 2 aliphatic rings. The number of amides is 1. The van der Waals surface area contributed by atoms with E-state index in [0.717, 1.165) is 18.7 Å². The highest BCUT2D eigenvalue weighted by molar-refractivity contribution is 6.32. The molecule has 0 N–H and O–H groups in total. The SMILES string of the molecule is CCOC(=O)C(=O)N1CCN(C2CC2)CC1c1ccccc1. The standard InChI is InChI=1S/C17H22N2O3/c1-2-22-17(21)16(20)19-11-10-18(14-8-9-14)12-15(19)13-6-4-3-5-7-13/h3-7,14-15H,2,8-12H2,1H3. The van der Waals surface area contributed by atoms with Gasteiger partial charge < -0.3 is 9.64 Å². The third-order valence-corrected chi connectivity index (χ3v) is 4.37. The van der Waals surface area contributed by atoms with Crippen LogP contribution in [0.1, 0.15) is 31.4 Å². The Morgan fingerprint density at radius 1 is 1.18 bits per heavy atom. The molecule has 0 aromatic heterocycles. The Morgan fingerprint density at radius 3 is 2.55 bits per heavy atom. The molecule has 1 aliphatic carbocycles. The first-order chi connectivity index (χ1) is 10.7. The number of piperazine rings is 1. The van der Waals surface area contributed by atoms with Crippen molar-refractivity contribution in [3.63, 3.8) is 0 Å². The molecule has 5 nitrogen and oxygen atoms in total. The number of nitrogens with zero attached hydrogens (tertiary/aromatic N) is 2. The van der Waals surface area contributed by atoms with Crippen molar-refractivity contribution in [1.82, 2.24) is 9.80 Å². The van der Waals surface area contributed by atoms with Crippen LogP contribution in [-0.2, 0) is 14.3 Å². The highest BCUT2D eigenvalue weighted by atomic mass is 16.5. The Morgan fingerprint density at radius 2 is 1.91 bits per heavy atom. The van der Waals surface area contributed by atoms with Gasteiger partial charge in [0.25, 0.3) is 0 Å². The van der Waals surface area contributed by atoms with Gasteiger partial charge in [0.15, 0.2) is 0 Å². The van der Waals surface area contributed by atoms with Crippen LogP contribution in [0, 0.1) is 0 Å². The maximum atomic E-state index is 12.4. The maximum absolute atomic E-state index is 12.4. The van der Waals surface area contributed by atoms with Crippen LogP contribution in [0.4, 0.5) is 0 Å². The average Bonchev–Trinajstić information content (AvgIpc) is 3.39. The van der Waals surface area contributed by atoms with Gasteiger partial charge in [-0.1, -0.05) is 30.3 Å². The minimum atomic E-state index is -0.747. The lowest BCUT2D eigenvalue weighted by Gasteiger charge is -2.41. The molecule has 1 saturated carbocycles. The summed E-state index contributed by atoms with van der Waals surface area (Å²) in [6.45, 7) is 4.14. The molecule has 118 valence electrons. The summed E-state index contributed by atoms with van der Waals surface area (Å²) in [6, 6.07) is 10.5. The number of rotatable bonds is 3. The lowest BCUT2D eigenvalue weighted by Crippen LogP contribution is -2.53. The molecular formula is C17H22N2O3. The molecule has 1 unspecified atom stereocenters. The quantitative estimate of drug-likeness (QED) is 0.628. The Labute approximate surface area is 130 Å². The molecule has 5 heteroatoms. The Kier molecular flexibility index (Phi) is 4.43. The van der Waals surface area contributed by atoms with E-state index in [4.69, 9.17) is 4.74 Å². The van der Waals surface area contributed by atoms with Crippen molar-refractivity contribution >= 4 is 11.9 Å². The number of benzene rings is 1. The van der Waals surface area contributed by atoms with E-state index in [2.05, 4.69) is 4.90 Å². The molecule has 1 aliphatic heterocycles. The van der Waals surface area contributed by atoms with Crippen LogP contribution >= 0.6 is 0 Å². The van der Waals surface area contributed by atoms with Gasteiger partial charge in [0.1, 0.15) is 0 Å². The van der Waals surface area contributed by atoms with E-state index in [1.807, 2.05) is 30.3 Å². The van der Waals surface area contributed by atoms with Gasteiger partial charge in [-0.25, -0.2) is 4.79 Å². The van der Waals surface area contributed by atoms with Crippen LogP contribution in [0.25, 0.3) is 0 Å². The zero-order chi connectivity index (χ0) is 15.5. The molecule has 0 bridgehead atoms. The molecule has 1 amide bonds. The van der Waals surface area contributed by atoms with Crippen molar-refractivity contribution in [2.24, 2.45) is 0 Å². The predicted molar refractivity (Wildman–Crippen MR) is 82.1 cm³/mol. The summed E-state index contributed by atoms with van der Waals surface area (Å²) in [5, 5.41) is 0. The van der Waals surface area contributed by atoms with Gasteiger partial charge in [0, 0.05) is 25.7 Å². The van der Waals surface area contributed by atoms with Crippen LogP contribution in [-0.4, -0.2) is 54.0 Å². The second kappa shape index (κ2) is 6.48. The van der Waals surface area contributed by atoms with E-state index >= 15 is 0 Å². The van der Waals surface area contributed by atoms with Gasteiger partial charge in [-0.3, -0.25) is 9.69 Å². The van der Waals surface area contributed by atoms with E-state index < -0.39 is 11.9 Å². The monoisotopic (exact) mass is 302 g/mol. The van der Waals surface area contributed by atoms with Gasteiger partial charge in [-0.15, -0.1) is 0 Å². The largest absolute Gasteiger partial charge is 0.459 e. The fourth-order valence-electron chi connectivity index (χ4n) is 3.09. The smallest absolute Gasteiger partial charge is 0.397 e. The number of carbonyl (C=O) groups excluding carboxylic acids is 2. The van der Waals surface area contributed by atoms with E-state index in [-0.39, 0.29) is 12.6 Å².